The third-order valence-electron chi connectivity index (χ3n) is 3.84. The smallest absolute Gasteiger partial charge is 0.216 e. The SMILES string of the molecule is Cc1ccc(CS(=O)(=O)NCc2cc(C)n(C)c2C)cc1. The summed E-state index contributed by atoms with van der Waals surface area (Å²) in [5.41, 5.74) is 5.15. The molecule has 1 heterocycles. The zero-order chi connectivity index (χ0) is 15.6. The van der Waals surface area contributed by atoms with E-state index in [2.05, 4.69) is 9.29 Å². The van der Waals surface area contributed by atoms with Crippen molar-refractivity contribution in [3.8, 4) is 0 Å². The summed E-state index contributed by atoms with van der Waals surface area (Å²) < 4.78 is 29.0. The van der Waals surface area contributed by atoms with Crippen molar-refractivity contribution in [2.75, 3.05) is 0 Å². The highest BCUT2D eigenvalue weighted by molar-refractivity contribution is 7.88. The van der Waals surface area contributed by atoms with Gasteiger partial charge >= 0.3 is 0 Å². The Hall–Kier alpha value is -1.59. The van der Waals surface area contributed by atoms with Crippen LogP contribution in [0.1, 0.15) is 28.1 Å². The quantitative estimate of drug-likeness (QED) is 0.923. The summed E-state index contributed by atoms with van der Waals surface area (Å²) >= 11 is 0. The van der Waals surface area contributed by atoms with Gasteiger partial charge in [-0.3, -0.25) is 0 Å². The second-order valence-electron chi connectivity index (χ2n) is 5.52. The standard InChI is InChI=1S/C16H22N2O2S/c1-12-5-7-15(8-6-12)11-21(19,20)17-10-16-9-13(2)18(4)14(16)3/h5-9,17H,10-11H2,1-4H3. The van der Waals surface area contributed by atoms with Crippen molar-refractivity contribution >= 4 is 10.0 Å². The highest BCUT2D eigenvalue weighted by Crippen LogP contribution is 2.14. The Kier molecular flexibility index (Phi) is 4.54. The van der Waals surface area contributed by atoms with E-state index in [0.29, 0.717) is 6.54 Å². The molecule has 5 heteroatoms. The highest BCUT2D eigenvalue weighted by Gasteiger charge is 2.13. The van der Waals surface area contributed by atoms with E-state index in [0.717, 1.165) is 28.1 Å². The number of hydrogen-bond acceptors (Lipinski definition) is 2. The highest BCUT2D eigenvalue weighted by atomic mass is 32.2. The number of nitrogens with one attached hydrogen (secondary N) is 1. The van der Waals surface area contributed by atoms with Crippen LogP contribution in [0.2, 0.25) is 0 Å². The van der Waals surface area contributed by atoms with Crippen LogP contribution in [-0.2, 0) is 29.4 Å². The molecule has 0 bridgehead atoms. The Morgan fingerprint density at radius 2 is 1.71 bits per heavy atom. The normalized spacial score (nSPS) is 11.8. The van der Waals surface area contributed by atoms with Gasteiger partial charge in [-0.05, 0) is 38.0 Å². The van der Waals surface area contributed by atoms with Crippen molar-refractivity contribution in [2.24, 2.45) is 7.05 Å². The van der Waals surface area contributed by atoms with Crippen molar-refractivity contribution in [1.29, 1.82) is 0 Å². The van der Waals surface area contributed by atoms with Gasteiger partial charge in [0.1, 0.15) is 0 Å². The van der Waals surface area contributed by atoms with Crippen LogP contribution in [0, 0.1) is 20.8 Å². The van der Waals surface area contributed by atoms with E-state index in [4.69, 9.17) is 0 Å². The minimum atomic E-state index is -3.33. The van der Waals surface area contributed by atoms with Crippen LogP contribution in [0.5, 0.6) is 0 Å². The first-order valence-corrected chi connectivity index (χ1v) is 8.58. The number of aromatic nitrogens is 1. The molecule has 0 fully saturated rings. The molecule has 0 saturated carbocycles. The molecule has 0 unspecified atom stereocenters. The van der Waals surface area contributed by atoms with Crippen molar-refractivity contribution in [3.63, 3.8) is 0 Å². The maximum Gasteiger partial charge on any atom is 0.216 e. The molecule has 1 aromatic heterocycles. The van der Waals surface area contributed by atoms with E-state index in [1.54, 1.807) is 0 Å². The molecular formula is C16H22N2O2S. The fourth-order valence-corrected chi connectivity index (χ4v) is 3.36. The summed E-state index contributed by atoms with van der Waals surface area (Å²) in [4.78, 5) is 0. The molecule has 0 atom stereocenters. The lowest BCUT2D eigenvalue weighted by molar-refractivity contribution is 0.580. The van der Waals surface area contributed by atoms with Crippen LogP contribution in [0.3, 0.4) is 0 Å². The first-order chi connectivity index (χ1) is 9.78. The molecule has 0 saturated heterocycles. The Morgan fingerprint density at radius 3 is 2.24 bits per heavy atom. The van der Waals surface area contributed by atoms with E-state index in [-0.39, 0.29) is 5.75 Å². The van der Waals surface area contributed by atoms with Gasteiger partial charge in [0, 0.05) is 25.0 Å². The van der Waals surface area contributed by atoms with E-state index >= 15 is 0 Å². The van der Waals surface area contributed by atoms with Crippen LogP contribution in [0.15, 0.2) is 30.3 Å². The molecular weight excluding hydrogens is 284 g/mol. The number of rotatable bonds is 5. The maximum atomic E-state index is 12.1. The molecule has 4 nitrogen and oxygen atoms in total. The Labute approximate surface area is 126 Å². The van der Waals surface area contributed by atoms with E-state index in [9.17, 15) is 8.42 Å². The van der Waals surface area contributed by atoms with Gasteiger partial charge in [-0.25, -0.2) is 13.1 Å². The number of hydrogen-bond donors (Lipinski definition) is 1. The molecule has 0 aliphatic carbocycles. The third kappa shape index (κ3) is 3.95. The van der Waals surface area contributed by atoms with Crippen molar-refractivity contribution < 1.29 is 8.42 Å². The molecule has 0 aliphatic heterocycles. The van der Waals surface area contributed by atoms with Crippen LogP contribution < -0.4 is 4.72 Å². The van der Waals surface area contributed by atoms with Gasteiger partial charge in [0.05, 0.1) is 5.75 Å². The van der Waals surface area contributed by atoms with Gasteiger partial charge in [-0.1, -0.05) is 29.8 Å². The Bertz CT molecular complexity index is 728. The molecule has 114 valence electrons. The minimum Gasteiger partial charge on any atom is -0.352 e. The molecule has 21 heavy (non-hydrogen) atoms. The lowest BCUT2D eigenvalue weighted by Crippen LogP contribution is -2.24. The molecule has 0 aliphatic rings. The van der Waals surface area contributed by atoms with Crippen LogP contribution in [0.4, 0.5) is 0 Å². The topological polar surface area (TPSA) is 51.1 Å². The second kappa shape index (κ2) is 6.03. The first kappa shape index (κ1) is 15.8. The molecule has 2 aromatic rings. The Morgan fingerprint density at radius 1 is 1.10 bits per heavy atom. The molecule has 2 rings (SSSR count). The monoisotopic (exact) mass is 306 g/mol. The lowest BCUT2D eigenvalue weighted by atomic mass is 10.2. The predicted molar refractivity (Wildman–Crippen MR) is 85.5 cm³/mol. The van der Waals surface area contributed by atoms with Crippen molar-refractivity contribution in [2.45, 2.75) is 33.1 Å². The number of benzene rings is 1. The first-order valence-electron chi connectivity index (χ1n) is 6.93. The fraction of sp³-hybridized carbons (Fsp3) is 0.375. The number of aryl methyl sites for hydroxylation is 2. The van der Waals surface area contributed by atoms with Crippen molar-refractivity contribution in [3.05, 3.63) is 58.4 Å². The lowest BCUT2D eigenvalue weighted by Gasteiger charge is -2.07. The number of sulfonamides is 1. The summed E-state index contributed by atoms with van der Waals surface area (Å²) in [5, 5.41) is 0. The summed E-state index contributed by atoms with van der Waals surface area (Å²) in [6, 6.07) is 9.58. The fourth-order valence-electron chi connectivity index (χ4n) is 2.25. The van der Waals surface area contributed by atoms with Crippen LogP contribution >= 0.6 is 0 Å². The summed E-state index contributed by atoms with van der Waals surface area (Å²) in [5.74, 6) is 0.0120. The van der Waals surface area contributed by atoms with Crippen LogP contribution in [0.25, 0.3) is 0 Å². The molecule has 0 radical (unpaired) electrons. The minimum absolute atomic E-state index is 0.0120. The largest absolute Gasteiger partial charge is 0.352 e. The molecule has 0 spiro atoms. The zero-order valence-corrected chi connectivity index (χ0v) is 13.8. The third-order valence-corrected chi connectivity index (χ3v) is 5.14. The molecule has 1 aromatic carbocycles. The van der Waals surface area contributed by atoms with Gasteiger partial charge in [0.2, 0.25) is 10.0 Å². The van der Waals surface area contributed by atoms with Gasteiger partial charge < -0.3 is 4.57 Å². The number of nitrogens with zero attached hydrogens (tertiary/aromatic N) is 1. The van der Waals surface area contributed by atoms with E-state index in [1.807, 2.05) is 58.2 Å². The van der Waals surface area contributed by atoms with E-state index in [1.165, 1.54) is 0 Å². The Balaban J connectivity index is 2.04. The maximum absolute atomic E-state index is 12.1. The van der Waals surface area contributed by atoms with Gasteiger partial charge in [0.15, 0.2) is 0 Å². The summed E-state index contributed by atoms with van der Waals surface area (Å²) in [6.45, 7) is 6.33. The van der Waals surface area contributed by atoms with Gasteiger partial charge in [-0.2, -0.15) is 0 Å². The molecule has 0 amide bonds. The van der Waals surface area contributed by atoms with Crippen LogP contribution in [-0.4, -0.2) is 13.0 Å². The summed E-state index contributed by atoms with van der Waals surface area (Å²) in [6.07, 6.45) is 0. The van der Waals surface area contributed by atoms with E-state index < -0.39 is 10.0 Å². The average molecular weight is 306 g/mol. The molecule has 1 N–H and O–H groups in total. The van der Waals surface area contributed by atoms with Crippen molar-refractivity contribution in [1.82, 2.24) is 9.29 Å². The van der Waals surface area contributed by atoms with Gasteiger partial charge in [0.25, 0.3) is 0 Å². The second-order valence-corrected chi connectivity index (χ2v) is 7.33. The summed E-state index contributed by atoms with van der Waals surface area (Å²) in [7, 11) is -1.34. The predicted octanol–water partition coefficient (Wildman–Crippen LogP) is 2.57. The zero-order valence-electron chi connectivity index (χ0n) is 13.0. The van der Waals surface area contributed by atoms with Gasteiger partial charge in [-0.15, -0.1) is 0 Å². The average Bonchev–Trinajstić information content (AvgIpc) is 2.66.